The number of hydrogen-bond acceptors (Lipinski definition) is 3. The summed E-state index contributed by atoms with van der Waals surface area (Å²) in [5, 5.41) is 0.591. The van der Waals surface area contributed by atoms with Crippen molar-refractivity contribution in [2.75, 3.05) is 6.61 Å². The highest BCUT2D eigenvalue weighted by atomic mass is 35.5. The summed E-state index contributed by atoms with van der Waals surface area (Å²) in [7, 11) is 0. The molecule has 0 bridgehead atoms. The maximum atomic E-state index is 6.08. The SMILES string of the molecule is CCOC1CC(n2c(CCl)nc3cc(Cl)cnc32)C1(C)C. The molecule has 0 aliphatic heterocycles. The number of pyridine rings is 1. The number of rotatable bonds is 4. The van der Waals surface area contributed by atoms with E-state index in [2.05, 4.69) is 28.4 Å². The van der Waals surface area contributed by atoms with E-state index < -0.39 is 0 Å². The zero-order valence-corrected chi connectivity index (χ0v) is 13.9. The number of fused-ring (bicyclic) bond motifs is 1. The number of imidazole rings is 1. The Labute approximate surface area is 134 Å². The van der Waals surface area contributed by atoms with E-state index in [1.807, 2.05) is 13.0 Å². The van der Waals surface area contributed by atoms with Gasteiger partial charge in [-0.15, -0.1) is 11.6 Å². The van der Waals surface area contributed by atoms with Gasteiger partial charge in [0, 0.05) is 24.3 Å². The molecule has 0 radical (unpaired) electrons. The van der Waals surface area contributed by atoms with Gasteiger partial charge in [-0.1, -0.05) is 25.4 Å². The monoisotopic (exact) mass is 327 g/mol. The zero-order chi connectivity index (χ0) is 15.2. The number of ether oxygens (including phenoxy) is 1. The van der Waals surface area contributed by atoms with E-state index in [1.54, 1.807) is 6.20 Å². The first-order chi connectivity index (χ1) is 9.98. The van der Waals surface area contributed by atoms with Crippen LogP contribution in [0, 0.1) is 5.41 Å². The summed E-state index contributed by atoms with van der Waals surface area (Å²) in [5.41, 5.74) is 1.68. The Kier molecular flexibility index (Phi) is 3.89. The lowest BCUT2D eigenvalue weighted by Gasteiger charge is -2.52. The molecule has 0 saturated heterocycles. The van der Waals surface area contributed by atoms with Crippen LogP contribution in [0.3, 0.4) is 0 Å². The fourth-order valence-corrected chi connectivity index (χ4v) is 3.55. The molecule has 1 saturated carbocycles. The van der Waals surface area contributed by atoms with Crippen LogP contribution in [0.15, 0.2) is 12.3 Å². The molecular weight excluding hydrogens is 309 g/mol. The molecule has 114 valence electrons. The molecule has 6 heteroatoms. The Hall–Kier alpha value is -0.840. The van der Waals surface area contributed by atoms with E-state index >= 15 is 0 Å². The van der Waals surface area contributed by atoms with Gasteiger partial charge in [0.25, 0.3) is 0 Å². The lowest BCUT2D eigenvalue weighted by atomic mass is 9.64. The van der Waals surface area contributed by atoms with Gasteiger partial charge in [0.2, 0.25) is 0 Å². The maximum Gasteiger partial charge on any atom is 0.160 e. The topological polar surface area (TPSA) is 39.9 Å². The third kappa shape index (κ3) is 2.33. The Morgan fingerprint density at radius 1 is 1.48 bits per heavy atom. The number of halogens is 2. The standard InChI is InChI=1S/C15H19Cl2N3O/c1-4-21-12-6-11(15(12,2)3)20-13(7-16)19-10-5-9(17)8-18-14(10)20/h5,8,11-12H,4,6-7H2,1-3H3. The summed E-state index contributed by atoms with van der Waals surface area (Å²) in [5.74, 6) is 1.20. The molecule has 1 fully saturated rings. The smallest absolute Gasteiger partial charge is 0.160 e. The molecule has 1 aliphatic carbocycles. The summed E-state index contributed by atoms with van der Waals surface area (Å²) in [6.07, 6.45) is 2.88. The van der Waals surface area contributed by atoms with Crippen molar-refractivity contribution in [2.45, 2.75) is 45.2 Å². The average molecular weight is 328 g/mol. The fraction of sp³-hybridized carbons (Fsp3) is 0.600. The van der Waals surface area contributed by atoms with Gasteiger partial charge in [0.15, 0.2) is 5.65 Å². The van der Waals surface area contributed by atoms with Crippen LogP contribution >= 0.6 is 23.2 Å². The molecule has 2 unspecified atom stereocenters. The molecule has 0 aromatic carbocycles. The summed E-state index contributed by atoms with van der Waals surface area (Å²) in [4.78, 5) is 9.03. The summed E-state index contributed by atoms with van der Waals surface area (Å²) < 4.78 is 7.98. The molecule has 0 amide bonds. The lowest BCUT2D eigenvalue weighted by molar-refractivity contribution is -0.127. The molecule has 4 nitrogen and oxygen atoms in total. The quantitative estimate of drug-likeness (QED) is 0.790. The van der Waals surface area contributed by atoms with Crippen molar-refractivity contribution in [2.24, 2.45) is 5.41 Å². The fourth-order valence-electron chi connectivity index (χ4n) is 3.21. The van der Waals surface area contributed by atoms with Crippen LogP contribution in [0.4, 0.5) is 0 Å². The highest BCUT2D eigenvalue weighted by Crippen LogP contribution is 2.52. The van der Waals surface area contributed by atoms with Crippen molar-refractivity contribution in [3.05, 3.63) is 23.1 Å². The predicted molar refractivity (Wildman–Crippen MR) is 84.9 cm³/mol. The van der Waals surface area contributed by atoms with E-state index in [0.717, 1.165) is 30.0 Å². The first-order valence-electron chi connectivity index (χ1n) is 7.19. The van der Waals surface area contributed by atoms with Crippen molar-refractivity contribution < 1.29 is 4.74 Å². The normalized spacial score (nSPS) is 24.2. The third-order valence-electron chi connectivity index (χ3n) is 4.49. The predicted octanol–water partition coefficient (Wildman–Crippen LogP) is 4.20. The van der Waals surface area contributed by atoms with Crippen LogP contribution in [0.1, 0.15) is 39.1 Å². The Balaban J connectivity index is 2.05. The molecule has 2 aromatic heterocycles. The largest absolute Gasteiger partial charge is 0.378 e. The van der Waals surface area contributed by atoms with Crippen molar-refractivity contribution in [3.63, 3.8) is 0 Å². The minimum Gasteiger partial charge on any atom is -0.378 e. The second kappa shape index (κ2) is 5.41. The van der Waals surface area contributed by atoms with Crippen LogP contribution in [-0.4, -0.2) is 27.2 Å². The van der Waals surface area contributed by atoms with E-state index in [-0.39, 0.29) is 11.5 Å². The molecule has 2 atom stereocenters. The van der Waals surface area contributed by atoms with Crippen molar-refractivity contribution in [1.82, 2.24) is 14.5 Å². The Bertz CT molecular complexity index is 668. The lowest BCUT2D eigenvalue weighted by Crippen LogP contribution is -2.51. The van der Waals surface area contributed by atoms with Gasteiger partial charge >= 0.3 is 0 Å². The third-order valence-corrected chi connectivity index (χ3v) is 4.94. The van der Waals surface area contributed by atoms with E-state index in [0.29, 0.717) is 16.9 Å². The molecule has 0 N–H and O–H groups in total. The van der Waals surface area contributed by atoms with Gasteiger partial charge in [-0.05, 0) is 19.4 Å². The number of hydrogen-bond donors (Lipinski definition) is 0. The van der Waals surface area contributed by atoms with Crippen LogP contribution in [0.2, 0.25) is 5.02 Å². The first-order valence-corrected chi connectivity index (χ1v) is 8.10. The van der Waals surface area contributed by atoms with Gasteiger partial charge in [-0.2, -0.15) is 0 Å². The Morgan fingerprint density at radius 3 is 2.86 bits per heavy atom. The van der Waals surface area contributed by atoms with Gasteiger partial charge in [-0.25, -0.2) is 9.97 Å². The minimum absolute atomic E-state index is 0.0335. The van der Waals surface area contributed by atoms with Crippen molar-refractivity contribution in [1.29, 1.82) is 0 Å². The minimum atomic E-state index is 0.0335. The Morgan fingerprint density at radius 2 is 2.24 bits per heavy atom. The summed E-state index contributed by atoms with van der Waals surface area (Å²) in [6.45, 7) is 7.22. The average Bonchev–Trinajstić information content (AvgIpc) is 2.80. The number of alkyl halides is 1. The summed E-state index contributed by atoms with van der Waals surface area (Å²) >= 11 is 12.1. The molecule has 3 rings (SSSR count). The molecule has 1 aliphatic rings. The van der Waals surface area contributed by atoms with Crippen LogP contribution in [0.5, 0.6) is 0 Å². The first kappa shape index (κ1) is 15.1. The van der Waals surface area contributed by atoms with Crippen LogP contribution in [0.25, 0.3) is 11.2 Å². The van der Waals surface area contributed by atoms with E-state index in [1.165, 1.54) is 0 Å². The van der Waals surface area contributed by atoms with Crippen LogP contribution in [-0.2, 0) is 10.6 Å². The van der Waals surface area contributed by atoms with Crippen molar-refractivity contribution >= 4 is 34.4 Å². The number of nitrogens with zero attached hydrogens (tertiary/aromatic N) is 3. The van der Waals surface area contributed by atoms with Crippen molar-refractivity contribution in [3.8, 4) is 0 Å². The van der Waals surface area contributed by atoms with E-state index in [9.17, 15) is 0 Å². The molecular formula is C15H19Cl2N3O. The van der Waals surface area contributed by atoms with Gasteiger partial charge in [0.05, 0.1) is 17.0 Å². The highest BCUT2D eigenvalue weighted by molar-refractivity contribution is 6.31. The number of aromatic nitrogens is 3. The maximum absolute atomic E-state index is 6.08. The molecule has 2 aromatic rings. The molecule has 21 heavy (non-hydrogen) atoms. The molecule has 0 spiro atoms. The van der Waals surface area contributed by atoms with Gasteiger partial charge < -0.3 is 9.30 Å². The van der Waals surface area contributed by atoms with Crippen LogP contribution < -0.4 is 0 Å². The van der Waals surface area contributed by atoms with E-state index in [4.69, 9.17) is 27.9 Å². The summed E-state index contributed by atoms with van der Waals surface area (Å²) in [6, 6.07) is 2.13. The zero-order valence-electron chi connectivity index (χ0n) is 12.4. The second-order valence-corrected chi connectivity index (χ2v) is 6.75. The highest BCUT2D eigenvalue weighted by Gasteiger charge is 2.51. The second-order valence-electron chi connectivity index (χ2n) is 6.04. The van der Waals surface area contributed by atoms with Gasteiger partial charge in [0.1, 0.15) is 11.3 Å². The molecule has 2 heterocycles. The van der Waals surface area contributed by atoms with Gasteiger partial charge in [-0.3, -0.25) is 0 Å².